The molecule has 0 heterocycles. The Morgan fingerprint density at radius 2 is 1.85 bits per heavy atom. The molecule has 7 nitrogen and oxygen atoms in total. The highest BCUT2D eigenvalue weighted by molar-refractivity contribution is 7.89. The van der Waals surface area contributed by atoms with Crippen LogP contribution in [0.5, 0.6) is 0 Å². The number of carbonyl (C=O) groups excluding carboxylic acids is 1. The predicted molar refractivity (Wildman–Crippen MR) is 94.4 cm³/mol. The molecule has 0 aromatic heterocycles. The molecule has 0 aliphatic heterocycles. The average molecular weight is 388 g/mol. The number of aliphatic carboxylic acids is 1. The third-order valence-corrected chi connectivity index (χ3v) is 5.29. The van der Waals surface area contributed by atoms with E-state index in [-0.39, 0.29) is 6.42 Å². The Kier molecular flexibility index (Phi) is 8.16. The van der Waals surface area contributed by atoms with Crippen molar-refractivity contribution in [2.24, 2.45) is 5.92 Å². The largest absolute Gasteiger partial charge is 0.480 e. The van der Waals surface area contributed by atoms with E-state index in [9.17, 15) is 27.5 Å². The van der Waals surface area contributed by atoms with Crippen molar-refractivity contribution < 1.29 is 27.5 Å². The summed E-state index contributed by atoms with van der Waals surface area (Å²) in [5.74, 6) is -3.36. The van der Waals surface area contributed by atoms with Crippen molar-refractivity contribution in [3.63, 3.8) is 0 Å². The highest BCUT2D eigenvalue weighted by Crippen LogP contribution is 2.16. The number of rotatable bonds is 10. The molecule has 2 atom stereocenters. The SMILES string of the molecule is CCCCC(NC(=O)[C@@H](NS(=O)(=O)c1ccccc1F)C(C)C)C(=O)O. The predicted octanol–water partition coefficient (Wildman–Crippen LogP) is 1.89. The molecule has 9 heteroatoms. The first-order valence-electron chi connectivity index (χ1n) is 8.40. The molecular formula is C17H25FN2O5S. The summed E-state index contributed by atoms with van der Waals surface area (Å²) in [6, 6.07) is 2.47. The molecule has 0 fully saturated rings. The Balaban J connectivity index is 2.99. The molecule has 1 aromatic carbocycles. The van der Waals surface area contributed by atoms with Crippen LogP contribution in [0, 0.1) is 11.7 Å². The number of unbranched alkanes of at least 4 members (excludes halogenated alkanes) is 1. The number of amides is 1. The second-order valence-corrected chi connectivity index (χ2v) is 8.00. The van der Waals surface area contributed by atoms with Crippen LogP contribution in [0.25, 0.3) is 0 Å². The van der Waals surface area contributed by atoms with Gasteiger partial charge in [-0.15, -0.1) is 0 Å². The zero-order chi connectivity index (χ0) is 19.9. The van der Waals surface area contributed by atoms with Crippen molar-refractivity contribution in [2.75, 3.05) is 0 Å². The zero-order valence-electron chi connectivity index (χ0n) is 15.0. The first-order valence-corrected chi connectivity index (χ1v) is 9.88. The van der Waals surface area contributed by atoms with Gasteiger partial charge in [-0.3, -0.25) is 4.79 Å². The summed E-state index contributed by atoms with van der Waals surface area (Å²) in [5, 5.41) is 11.6. The van der Waals surface area contributed by atoms with Crippen molar-refractivity contribution in [1.29, 1.82) is 0 Å². The van der Waals surface area contributed by atoms with Gasteiger partial charge in [0.05, 0.1) is 0 Å². The second-order valence-electron chi connectivity index (χ2n) is 6.32. The van der Waals surface area contributed by atoms with Crippen LogP contribution in [0.3, 0.4) is 0 Å². The van der Waals surface area contributed by atoms with Gasteiger partial charge in [-0.05, 0) is 24.5 Å². The average Bonchev–Trinajstić information content (AvgIpc) is 2.56. The van der Waals surface area contributed by atoms with E-state index >= 15 is 0 Å². The fourth-order valence-electron chi connectivity index (χ4n) is 2.31. The minimum absolute atomic E-state index is 0.239. The number of carboxylic acid groups (broad SMARTS) is 1. The maximum Gasteiger partial charge on any atom is 0.326 e. The molecule has 0 aliphatic carbocycles. The Morgan fingerprint density at radius 1 is 1.23 bits per heavy atom. The second kappa shape index (κ2) is 9.63. The Morgan fingerprint density at radius 3 is 2.35 bits per heavy atom. The first-order chi connectivity index (χ1) is 12.1. The minimum Gasteiger partial charge on any atom is -0.480 e. The molecule has 26 heavy (non-hydrogen) atoms. The lowest BCUT2D eigenvalue weighted by Crippen LogP contribution is -2.53. The Hall–Kier alpha value is -2.00. The van der Waals surface area contributed by atoms with Crippen molar-refractivity contribution in [2.45, 2.75) is 57.0 Å². The number of benzene rings is 1. The van der Waals surface area contributed by atoms with E-state index in [2.05, 4.69) is 10.0 Å². The van der Waals surface area contributed by atoms with E-state index in [1.54, 1.807) is 13.8 Å². The van der Waals surface area contributed by atoms with Crippen molar-refractivity contribution in [1.82, 2.24) is 10.0 Å². The van der Waals surface area contributed by atoms with E-state index in [1.165, 1.54) is 12.1 Å². The van der Waals surface area contributed by atoms with Crippen LogP contribution in [0.1, 0.15) is 40.0 Å². The molecular weight excluding hydrogens is 363 g/mol. The highest BCUT2D eigenvalue weighted by Gasteiger charge is 2.32. The fourth-order valence-corrected chi connectivity index (χ4v) is 3.74. The number of carboxylic acids is 1. The molecule has 3 N–H and O–H groups in total. The van der Waals surface area contributed by atoms with E-state index in [0.717, 1.165) is 18.6 Å². The van der Waals surface area contributed by atoms with E-state index in [1.807, 2.05) is 6.92 Å². The molecule has 1 amide bonds. The van der Waals surface area contributed by atoms with Gasteiger partial charge in [-0.1, -0.05) is 45.7 Å². The minimum atomic E-state index is -4.29. The number of halogens is 1. The van der Waals surface area contributed by atoms with Crippen LogP contribution in [0.2, 0.25) is 0 Å². The lowest BCUT2D eigenvalue weighted by molar-refractivity contribution is -0.142. The van der Waals surface area contributed by atoms with Gasteiger partial charge in [0, 0.05) is 0 Å². The smallest absolute Gasteiger partial charge is 0.326 e. The highest BCUT2D eigenvalue weighted by atomic mass is 32.2. The van der Waals surface area contributed by atoms with Crippen LogP contribution in [-0.2, 0) is 19.6 Å². The topological polar surface area (TPSA) is 113 Å². The van der Waals surface area contributed by atoms with Crippen molar-refractivity contribution >= 4 is 21.9 Å². The Labute approximate surface area is 153 Å². The third kappa shape index (κ3) is 6.06. The summed E-state index contributed by atoms with van der Waals surface area (Å²) < 4.78 is 40.8. The van der Waals surface area contributed by atoms with Gasteiger partial charge in [0.25, 0.3) is 0 Å². The molecule has 1 aromatic rings. The summed E-state index contributed by atoms with van der Waals surface area (Å²) in [6.07, 6.45) is 1.60. The van der Waals surface area contributed by atoms with Crippen LogP contribution in [0.15, 0.2) is 29.2 Å². The lowest BCUT2D eigenvalue weighted by Gasteiger charge is -2.24. The molecule has 0 radical (unpaired) electrons. The van der Waals surface area contributed by atoms with Gasteiger partial charge < -0.3 is 10.4 Å². The number of nitrogens with one attached hydrogen (secondary N) is 2. The van der Waals surface area contributed by atoms with Gasteiger partial charge in [-0.2, -0.15) is 4.72 Å². The summed E-state index contributed by atoms with van der Waals surface area (Å²) >= 11 is 0. The van der Waals surface area contributed by atoms with Crippen molar-refractivity contribution in [3.8, 4) is 0 Å². The standard InChI is InChI=1S/C17H25FN2O5S/c1-4-5-9-13(17(22)23)19-16(21)15(11(2)3)20-26(24,25)14-10-7-6-8-12(14)18/h6-8,10-11,13,15,20H,4-5,9H2,1-3H3,(H,19,21)(H,22,23)/t13?,15-/m0/s1. The molecule has 0 aliphatic rings. The van der Waals surface area contributed by atoms with Gasteiger partial charge in [0.2, 0.25) is 15.9 Å². The molecule has 0 bridgehead atoms. The Bertz CT molecular complexity index is 736. The molecule has 0 saturated carbocycles. The van der Waals surface area contributed by atoms with Gasteiger partial charge in [0.1, 0.15) is 22.8 Å². The molecule has 146 valence electrons. The van der Waals surface area contributed by atoms with Crippen LogP contribution >= 0.6 is 0 Å². The van der Waals surface area contributed by atoms with Crippen LogP contribution in [-0.4, -0.2) is 37.5 Å². The summed E-state index contributed by atoms with van der Waals surface area (Å²) in [7, 11) is -4.29. The maximum absolute atomic E-state index is 13.8. The van der Waals surface area contributed by atoms with Gasteiger partial charge >= 0.3 is 5.97 Å². The number of sulfonamides is 1. The number of hydrogen-bond donors (Lipinski definition) is 3. The maximum atomic E-state index is 13.8. The van der Waals surface area contributed by atoms with Crippen molar-refractivity contribution in [3.05, 3.63) is 30.1 Å². The van der Waals surface area contributed by atoms with Crippen LogP contribution in [0.4, 0.5) is 4.39 Å². The fraction of sp³-hybridized carbons (Fsp3) is 0.529. The quantitative estimate of drug-likeness (QED) is 0.567. The molecule has 0 spiro atoms. The molecule has 1 rings (SSSR count). The zero-order valence-corrected chi connectivity index (χ0v) is 15.8. The molecule has 1 unspecified atom stereocenters. The molecule has 0 saturated heterocycles. The van der Waals surface area contributed by atoms with Crippen LogP contribution < -0.4 is 10.0 Å². The van der Waals surface area contributed by atoms with Gasteiger partial charge in [0.15, 0.2) is 0 Å². The normalized spacial score (nSPS) is 14.0. The monoisotopic (exact) mass is 388 g/mol. The summed E-state index contributed by atoms with van der Waals surface area (Å²) in [6.45, 7) is 5.10. The summed E-state index contributed by atoms with van der Waals surface area (Å²) in [5.41, 5.74) is 0. The van der Waals surface area contributed by atoms with E-state index in [0.29, 0.717) is 6.42 Å². The lowest BCUT2D eigenvalue weighted by atomic mass is 10.0. The third-order valence-electron chi connectivity index (χ3n) is 3.82. The summed E-state index contributed by atoms with van der Waals surface area (Å²) in [4.78, 5) is 23.2. The number of hydrogen-bond acceptors (Lipinski definition) is 4. The van der Waals surface area contributed by atoms with E-state index in [4.69, 9.17) is 0 Å². The van der Waals surface area contributed by atoms with E-state index < -0.39 is 50.6 Å². The number of carbonyl (C=O) groups is 2. The van der Waals surface area contributed by atoms with Gasteiger partial charge in [-0.25, -0.2) is 17.6 Å². The first kappa shape index (κ1) is 22.0.